The zero-order valence-electron chi connectivity index (χ0n) is 19.2. The third kappa shape index (κ3) is 5.91. The van der Waals surface area contributed by atoms with Crippen LogP contribution in [0.2, 0.25) is 0 Å². The molecule has 32 heavy (non-hydrogen) atoms. The van der Waals surface area contributed by atoms with Crippen molar-refractivity contribution in [2.75, 3.05) is 13.1 Å². The van der Waals surface area contributed by atoms with Gasteiger partial charge >= 0.3 is 12.1 Å². The Morgan fingerprint density at radius 3 is 2.19 bits per heavy atom. The van der Waals surface area contributed by atoms with E-state index in [0.29, 0.717) is 11.5 Å². The molecule has 1 aromatic carbocycles. The molecule has 0 spiro atoms. The van der Waals surface area contributed by atoms with Gasteiger partial charge in [-0.2, -0.15) is 13.2 Å². The largest absolute Gasteiger partial charge is 0.490 e. The number of aliphatic carboxylic acids is 1. The smallest absolute Gasteiger partial charge is 0.475 e. The lowest BCUT2D eigenvalue weighted by molar-refractivity contribution is -0.192. The Morgan fingerprint density at radius 1 is 1.12 bits per heavy atom. The fourth-order valence-electron chi connectivity index (χ4n) is 4.49. The maximum absolute atomic E-state index is 12.1. The summed E-state index contributed by atoms with van der Waals surface area (Å²) in [6, 6.07) is 6.30. The number of halogens is 3. The number of rotatable bonds is 4. The normalized spacial score (nSPS) is 20.0. The topological polar surface area (TPSA) is 83.6 Å². The van der Waals surface area contributed by atoms with Gasteiger partial charge in [0.1, 0.15) is 0 Å². The zero-order chi connectivity index (χ0) is 24.3. The lowest BCUT2D eigenvalue weighted by Crippen LogP contribution is -2.39. The summed E-state index contributed by atoms with van der Waals surface area (Å²) in [5, 5.41) is 7.12. The standard InChI is InChI=1S/C22H32N2O.C2HF3O2/c1-15-8-7-9-18(16(15)2)20-14-17(10-11-19(20)21(23)25)22(3,4)24-12-5-6-13-24;3-2(4,5)1(6)7/h10-11,14-15H,5-9,12-13H2,1-4H3,(H2,23,25);(H,6,7). The first kappa shape index (κ1) is 25.9. The van der Waals surface area contributed by atoms with E-state index in [4.69, 9.17) is 15.6 Å². The Bertz CT molecular complexity index is 885. The molecule has 0 aromatic heterocycles. The molecular formula is C24H33F3N2O3. The van der Waals surface area contributed by atoms with Gasteiger partial charge in [-0.1, -0.05) is 18.6 Å². The van der Waals surface area contributed by atoms with Gasteiger partial charge in [-0.15, -0.1) is 0 Å². The van der Waals surface area contributed by atoms with Crippen LogP contribution in [0.5, 0.6) is 0 Å². The highest BCUT2D eigenvalue weighted by Crippen LogP contribution is 2.39. The number of primary amides is 1. The number of carboxylic acids is 1. The number of carbonyl (C=O) groups is 2. The summed E-state index contributed by atoms with van der Waals surface area (Å²) in [4.78, 5) is 23.5. The van der Waals surface area contributed by atoms with E-state index in [2.05, 4.69) is 44.7 Å². The van der Waals surface area contributed by atoms with Gasteiger partial charge in [-0.25, -0.2) is 4.79 Å². The number of nitrogens with two attached hydrogens (primary N) is 1. The highest BCUT2D eigenvalue weighted by molar-refractivity contribution is 5.98. The molecule has 3 rings (SSSR count). The van der Waals surface area contributed by atoms with Crippen LogP contribution in [0.15, 0.2) is 23.8 Å². The van der Waals surface area contributed by atoms with Gasteiger partial charge in [-0.3, -0.25) is 9.69 Å². The van der Waals surface area contributed by atoms with E-state index >= 15 is 0 Å². The minimum absolute atomic E-state index is 0.0177. The van der Waals surface area contributed by atoms with Crippen molar-refractivity contribution in [1.82, 2.24) is 4.90 Å². The Morgan fingerprint density at radius 2 is 1.69 bits per heavy atom. The SMILES string of the molecule is CC1=C(c2cc(C(C)(C)N3CCCC3)ccc2C(N)=O)CCCC1C.O=C(O)C(F)(F)F. The average Bonchev–Trinajstić information content (AvgIpc) is 3.25. The number of alkyl halides is 3. The molecule has 5 nitrogen and oxygen atoms in total. The van der Waals surface area contributed by atoms with Crippen molar-refractivity contribution in [3.63, 3.8) is 0 Å². The van der Waals surface area contributed by atoms with Crippen molar-refractivity contribution >= 4 is 17.4 Å². The Hall–Kier alpha value is -2.35. The van der Waals surface area contributed by atoms with Crippen LogP contribution in [0.25, 0.3) is 5.57 Å². The summed E-state index contributed by atoms with van der Waals surface area (Å²) in [6.07, 6.45) is 0.935. The van der Waals surface area contributed by atoms with Gasteiger partial charge in [0.15, 0.2) is 0 Å². The van der Waals surface area contributed by atoms with E-state index in [1.165, 1.54) is 42.4 Å². The van der Waals surface area contributed by atoms with E-state index in [9.17, 15) is 18.0 Å². The second-order valence-corrected chi connectivity index (χ2v) is 9.14. The third-order valence-corrected chi connectivity index (χ3v) is 6.73. The molecule has 1 unspecified atom stereocenters. The minimum Gasteiger partial charge on any atom is -0.475 e. The van der Waals surface area contributed by atoms with E-state index in [0.717, 1.165) is 25.1 Å². The number of hydrogen-bond acceptors (Lipinski definition) is 3. The number of nitrogens with zero attached hydrogens (tertiary/aromatic N) is 1. The fourth-order valence-corrected chi connectivity index (χ4v) is 4.49. The van der Waals surface area contributed by atoms with Gasteiger partial charge in [-0.05, 0) is 101 Å². The van der Waals surface area contributed by atoms with Crippen molar-refractivity contribution in [3.8, 4) is 0 Å². The lowest BCUT2D eigenvalue weighted by atomic mass is 9.79. The molecule has 2 aliphatic rings. The van der Waals surface area contributed by atoms with Gasteiger partial charge in [0.05, 0.1) is 0 Å². The summed E-state index contributed by atoms with van der Waals surface area (Å²) in [5.41, 5.74) is 11.5. The number of amides is 1. The summed E-state index contributed by atoms with van der Waals surface area (Å²) in [7, 11) is 0. The van der Waals surface area contributed by atoms with Crippen LogP contribution in [-0.2, 0) is 10.3 Å². The molecule has 178 valence electrons. The van der Waals surface area contributed by atoms with E-state index < -0.39 is 12.1 Å². The molecule has 1 atom stereocenters. The highest BCUT2D eigenvalue weighted by atomic mass is 19.4. The number of allylic oxidation sites excluding steroid dienone is 2. The summed E-state index contributed by atoms with van der Waals surface area (Å²) >= 11 is 0. The van der Waals surface area contributed by atoms with Gasteiger partial charge in [0.2, 0.25) is 5.91 Å². The predicted octanol–water partition coefficient (Wildman–Crippen LogP) is 5.34. The van der Waals surface area contributed by atoms with Crippen molar-refractivity contribution < 1.29 is 27.9 Å². The summed E-state index contributed by atoms with van der Waals surface area (Å²) < 4.78 is 31.7. The minimum atomic E-state index is -5.08. The maximum Gasteiger partial charge on any atom is 0.490 e. The Kier molecular flexibility index (Phi) is 8.15. The van der Waals surface area contributed by atoms with Crippen molar-refractivity contribution in [1.29, 1.82) is 0 Å². The maximum atomic E-state index is 12.1. The molecule has 3 N–H and O–H groups in total. The molecule has 1 aromatic rings. The molecule has 8 heteroatoms. The second kappa shape index (κ2) is 10.1. The number of carbonyl (C=O) groups excluding carboxylic acids is 1. The van der Waals surface area contributed by atoms with Crippen LogP contribution >= 0.6 is 0 Å². The van der Waals surface area contributed by atoms with Crippen LogP contribution in [0.3, 0.4) is 0 Å². The monoisotopic (exact) mass is 454 g/mol. The quantitative estimate of drug-likeness (QED) is 0.643. The molecule has 1 aliphatic heterocycles. The van der Waals surface area contributed by atoms with Gasteiger partial charge in [0, 0.05) is 11.1 Å². The first-order valence-electron chi connectivity index (χ1n) is 11.0. The summed E-state index contributed by atoms with van der Waals surface area (Å²) in [5.74, 6) is -2.49. The zero-order valence-corrected chi connectivity index (χ0v) is 19.2. The van der Waals surface area contributed by atoms with E-state index in [1.54, 1.807) is 0 Å². The summed E-state index contributed by atoms with van der Waals surface area (Å²) in [6.45, 7) is 11.4. The second-order valence-electron chi connectivity index (χ2n) is 9.14. The fraction of sp³-hybridized carbons (Fsp3) is 0.583. The van der Waals surface area contributed by atoms with Crippen molar-refractivity contribution in [3.05, 3.63) is 40.5 Å². The van der Waals surface area contributed by atoms with Crippen molar-refractivity contribution in [2.45, 2.75) is 71.5 Å². The molecule has 1 fully saturated rings. The van der Waals surface area contributed by atoms with Gasteiger partial charge < -0.3 is 10.8 Å². The Labute approximate surface area is 187 Å². The molecular weight excluding hydrogens is 421 g/mol. The van der Waals surface area contributed by atoms with Crippen molar-refractivity contribution in [2.24, 2.45) is 11.7 Å². The van der Waals surface area contributed by atoms with Crippen LogP contribution in [0, 0.1) is 5.92 Å². The first-order chi connectivity index (χ1) is 14.8. The van der Waals surface area contributed by atoms with Crippen LogP contribution < -0.4 is 5.73 Å². The third-order valence-electron chi connectivity index (χ3n) is 6.73. The molecule has 0 radical (unpaired) electrons. The number of carboxylic acid groups (broad SMARTS) is 1. The van der Waals surface area contributed by atoms with Gasteiger partial charge in [0.25, 0.3) is 0 Å². The molecule has 1 heterocycles. The number of benzene rings is 1. The average molecular weight is 455 g/mol. The van der Waals surface area contributed by atoms with E-state index in [-0.39, 0.29) is 11.4 Å². The number of likely N-dealkylation sites (tertiary alicyclic amines) is 1. The van der Waals surface area contributed by atoms with E-state index in [1.807, 2.05) is 6.07 Å². The molecule has 1 aliphatic carbocycles. The molecule has 0 bridgehead atoms. The Balaban J connectivity index is 0.000000451. The number of hydrogen-bond donors (Lipinski definition) is 2. The predicted molar refractivity (Wildman–Crippen MR) is 118 cm³/mol. The molecule has 1 saturated heterocycles. The van der Waals surface area contributed by atoms with Crippen LogP contribution in [0.4, 0.5) is 13.2 Å². The van der Waals surface area contributed by atoms with Crippen LogP contribution in [0.1, 0.15) is 81.3 Å². The highest BCUT2D eigenvalue weighted by Gasteiger charge is 2.38. The van der Waals surface area contributed by atoms with Crippen LogP contribution in [-0.4, -0.2) is 41.1 Å². The molecule has 0 saturated carbocycles. The first-order valence-corrected chi connectivity index (χ1v) is 11.0. The molecule has 1 amide bonds. The lowest BCUT2D eigenvalue weighted by Gasteiger charge is -2.37.